The molecule has 0 fully saturated rings. The lowest BCUT2D eigenvalue weighted by Crippen LogP contribution is -2.13. The maximum atomic E-state index is 5.38. The van der Waals surface area contributed by atoms with E-state index in [0.717, 1.165) is 24.5 Å². The minimum atomic E-state index is 0.663. The Morgan fingerprint density at radius 1 is 1.46 bits per heavy atom. The van der Waals surface area contributed by atoms with Crippen LogP contribution in [-0.2, 0) is 6.54 Å². The highest BCUT2D eigenvalue weighted by Crippen LogP contribution is 2.13. The first-order chi connectivity index (χ1) is 6.38. The van der Waals surface area contributed by atoms with Gasteiger partial charge in [-0.05, 0) is 19.5 Å². The quantitative estimate of drug-likeness (QED) is 0.747. The summed E-state index contributed by atoms with van der Waals surface area (Å²) < 4.78 is 5.38. The van der Waals surface area contributed by atoms with E-state index in [1.165, 1.54) is 0 Å². The Kier molecular flexibility index (Phi) is 4.26. The molecule has 3 nitrogen and oxygen atoms in total. The second-order valence-electron chi connectivity index (χ2n) is 2.68. The number of nitrogens with one attached hydrogen (secondary N) is 1. The Bertz CT molecular complexity index is 250. The number of hydrogen-bond donors (Lipinski definition) is 1. The molecule has 0 bridgehead atoms. The van der Waals surface area contributed by atoms with E-state index in [-0.39, 0.29) is 0 Å². The third kappa shape index (κ3) is 3.03. The van der Waals surface area contributed by atoms with E-state index in [9.17, 15) is 0 Å². The van der Waals surface area contributed by atoms with Crippen LogP contribution in [0.15, 0.2) is 18.3 Å². The van der Waals surface area contributed by atoms with Crippen molar-refractivity contribution in [2.45, 2.75) is 20.4 Å². The SMILES string of the molecule is CCNCc1cccnc1OCC. The molecule has 13 heavy (non-hydrogen) atoms. The highest BCUT2D eigenvalue weighted by Gasteiger charge is 2.01. The molecule has 0 aliphatic carbocycles. The Balaban J connectivity index is 2.66. The molecule has 0 spiro atoms. The molecule has 3 heteroatoms. The lowest BCUT2D eigenvalue weighted by Gasteiger charge is -2.08. The fourth-order valence-corrected chi connectivity index (χ4v) is 1.09. The van der Waals surface area contributed by atoms with Gasteiger partial charge in [-0.15, -0.1) is 0 Å². The number of hydrogen-bond acceptors (Lipinski definition) is 3. The summed E-state index contributed by atoms with van der Waals surface area (Å²) in [5.41, 5.74) is 1.12. The zero-order valence-electron chi connectivity index (χ0n) is 8.21. The summed E-state index contributed by atoms with van der Waals surface area (Å²) in [5, 5.41) is 3.24. The Morgan fingerprint density at radius 3 is 3.00 bits per heavy atom. The van der Waals surface area contributed by atoms with Crippen molar-refractivity contribution in [2.75, 3.05) is 13.2 Å². The molecule has 0 amide bonds. The molecule has 1 aromatic rings. The van der Waals surface area contributed by atoms with Crippen LogP contribution in [0.3, 0.4) is 0 Å². The van der Waals surface area contributed by atoms with Crippen molar-refractivity contribution in [3.8, 4) is 5.88 Å². The summed E-state index contributed by atoms with van der Waals surface area (Å²) in [5.74, 6) is 0.742. The highest BCUT2D eigenvalue weighted by atomic mass is 16.5. The van der Waals surface area contributed by atoms with E-state index in [1.54, 1.807) is 6.20 Å². The predicted octanol–water partition coefficient (Wildman–Crippen LogP) is 1.59. The number of nitrogens with zero attached hydrogens (tertiary/aromatic N) is 1. The average molecular weight is 180 g/mol. The second-order valence-corrected chi connectivity index (χ2v) is 2.68. The second kappa shape index (κ2) is 5.54. The van der Waals surface area contributed by atoms with Gasteiger partial charge in [0.15, 0.2) is 0 Å². The molecule has 1 heterocycles. The molecule has 0 saturated carbocycles. The van der Waals surface area contributed by atoms with E-state index in [0.29, 0.717) is 6.61 Å². The fourth-order valence-electron chi connectivity index (χ4n) is 1.09. The maximum Gasteiger partial charge on any atom is 0.217 e. The van der Waals surface area contributed by atoms with Gasteiger partial charge in [-0.2, -0.15) is 0 Å². The minimum absolute atomic E-state index is 0.663. The zero-order valence-corrected chi connectivity index (χ0v) is 8.21. The van der Waals surface area contributed by atoms with Crippen molar-refractivity contribution in [3.05, 3.63) is 23.9 Å². The molecule has 0 atom stereocenters. The van der Waals surface area contributed by atoms with Crippen LogP contribution in [0.2, 0.25) is 0 Å². The summed E-state index contributed by atoms with van der Waals surface area (Å²) in [7, 11) is 0. The van der Waals surface area contributed by atoms with Gasteiger partial charge in [-0.3, -0.25) is 0 Å². The Labute approximate surface area is 79.1 Å². The van der Waals surface area contributed by atoms with E-state index in [1.807, 2.05) is 19.1 Å². The normalized spacial score (nSPS) is 10.0. The number of pyridine rings is 1. The zero-order chi connectivity index (χ0) is 9.52. The lowest BCUT2D eigenvalue weighted by molar-refractivity contribution is 0.322. The average Bonchev–Trinajstić information content (AvgIpc) is 2.17. The molecule has 0 saturated heterocycles. The van der Waals surface area contributed by atoms with E-state index >= 15 is 0 Å². The van der Waals surface area contributed by atoms with Crippen LogP contribution in [0.25, 0.3) is 0 Å². The summed E-state index contributed by atoms with van der Waals surface area (Å²) in [6.07, 6.45) is 1.75. The van der Waals surface area contributed by atoms with Crippen molar-refractivity contribution >= 4 is 0 Å². The van der Waals surface area contributed by atoms with Crippen LogP contribution in [0.1, 0.15) is 19.4 Å². The largest absolute Gasteiger partial charge is 0.478 e. The minimum Gasteiger partial charge on any atom is -0.478 e. The van der Waals surface area contributed by atoms with Gasteiger partial charge in [0, 0.05) is 18.3 Å². The first-order valence-corrected chi connectivity index (χ1v) is 4.65. The smallest absolute Gasteiger partial charge is 0.217 e. The topological polar surface area (TPSA) is 34.2 Å². The Hall–Kier alpha value is -1.09. The fraction of sp³-hybridized carbons (Fsp3) is 0.500. The third-order valence-electron chi connectivity index (χ3n) is 1.70. The molecule has 1 N–H and O–H groups in total. The number of ether oxygens (including phenoxy) is 1. The molecule has 0 radical (unpaired) electrons. The monoisotopic (exact) mass is 180 g/mol. The first kappa shape index (κ1) is 9.99. The Morgan fingerprint density at radius 2 is 2.31 bits per heavy atom. The molecule has 1 rings (SSSR count). The lowest BCUT2D eigenvalue weighted by atomic mass is 10.2. The molecule has 1 aromatic heterocycles. The van der Waals surface area contributed by atoms with Crippen LogP contribution in [0.4, 0.5) is 0 Å². The maximum absolute atomic E-state index is 5.38. The van der Waals surface area contributed by atoms with Gasteiger partial charge in [-0.1, -0.05) is 13.0 Å². The van der Waals surface area contributed by atoms with Crippen LogP contribution in [-0.4, -0.2) is 18.1 Å². The summed E-state index contributed by atoms with van der Waals surface area (Å²) in [6, 6.07) is 3.95. The van der Waals surface area contributed by atoms with Crippen molar-refractivity contribution in [2.24, 2.45) is 0 Å². The summed E-state index contributed by atoms with van der Waals surface area (Å²) >= 11 is 0. The molecule has 0 unspecified atom stereocenters. The third-order valence-corrected chi connectivity index (χ3v) is 1.70. The van der Waals surface area contributed by atoms with Gasteiger partial charge in [0.25, 0.3) is 0 Å². The van der Waals surface area contributed by atoms with Crippen LogP contribution < -0.4 is 10.1 Å². The van der Waals surface area contributed by atoms with Gasteiger partial charge < -0.3 is 10.1 Å². The van der Waals surface area contributed by atoms with Gasteiger partial charge >= 0.3 is 0 Å². The van der Waals surface area contributed by atoms with Crippen molar-refractivity contribution in [1.82, 2.24) is 10.3 Å². The van der Waals surface area contributed by atoms with Gasteiger partial charge in [0.1, 0.15) is 0 Å². The summed E-state index contributed by atoms with van der Waals surface area (Å²) in [4.78, 5) is 4.16. The van der Waals surface area contributed by atoms with E-state index in [2.05, 4.69) is 17.2 Å². The summed E-state index contributed by atoms with van der Waals surface area (Å²) in [6.45, 7) is 6.48. The van der Waals surface area contributed by atoms with E-state index in [4.69, 9.17) is 4.74 Å². The molecular weight excluding hydrogens is 164 g/mol. The van der Waals surface area contributed by atoms with Crippen LogP contribution in [0, 0.1) is 0 Å². The van der Waals surface area contributed by atoms with Crippen LogP contribution >= 0.6 is 0 Å². The molecule has 72 valence electrons. The van der Waals surface area contributed by atoms with Crippen molar-refractivity contribution < 1.29 is 4.74 Å². The van der Waals surface area contributed by atoms with E-state index < -0.39 is 0 Å². The number of aromatic nitrogens is 1. The number of rotatable bonds is 5. The van der Waals surface area contributed by atoms with Crippen LogP contribution in [0.5, 0.6) is 5.88 Å². The first-order valence-electron chi connectivity index (χ1n) is 4.65. The van der Waals surface area contributed by atoms with Gasteiger partial charge in [-0.25, -0.2) is 4.98 Å². The van der Waals surface area contributed by atoms with Crippen molar-refractivity contribution in [1.29, 1.82) is 0 Å². The molecule has 0 aliphatic rings. The molecule has 0 aliphatic heterocycles. The molecule has 0 aromatic carbocycles. The standard InChI is InChI=1S/C10H16N2O/c1-3-11-8-9-6-5-7-12-10(9)13-4-2/h5-7,11H,3-4,8H2,1-2H3. The van der Waals surface area contributed by atoms with Gasteiger partial charge in [0.2, 0.25) is 5.88 Å². The highest BCUT2D eigenvalue weighted by molar-refractivity contribution is 5.25. The van der Waals surface area contributed by atoms with Gasteiger partial charge in [0.05, 0.1) is 6.61 Å². The molecular formula is C10H16N2O. The van der Waals surface area contributed by atoms with Crippen molar-refractivity contribution in [3.63, 3.8) is 0 Å². The predicted molar refractivity (Wildman–Crippen MR) is 52.8 cm³/mol.